The van der Waals surface area contributed by atoms with Crippen LogP contribution in [0.5, 0.6) is 17.2 Å². The van der Waals surface area contributed by atoms with E-state index in [1.165, 1.54) is 0 Å². The monoisotopic (exact) mass is 415 g/mol. The number of nitrogens with two attached hydrogens (primary N) is 2. The van der Waals surface area contributed by atoms with Crippen LogP contribution in [0.1, 0.15) is 47.2 Å². The Morgan fingerprint density at radius 3 is 2.39 bits per heavy atom. The van der Waals surface area contributed by atoms with Gasteiger partial charge in [-0.3, -0.25) is 0 Å². The Morgan fingerprint density at radius 2 is 1.71 bits per heavy atom. The summed E-state index contributed by atoms with van der Waals surface area (Å²) in [4.78, 5) is 0. The summed E-state index contributed by atoms with van der Waals surface area (Å²) in [6, 6.07) is 22.5. The van der Waals surface area contributed by atoms with E-state index in [0.717, 1.165) is 41.0 Å². The molecule has 4 rings (SSSR count). The summed E-state index contributed by atoms with van der Waals surface area (Å²) in [5.74, 6) is 2.28. The summed E-state index contributed by atoms with van der Waals surface area (Å²) in [6.07, 6.45) is 1.05. The molecule has 6 nitrogen and oxygen atoms in total. The van der Waals surface area contributed by atoms with Crippen molar-refractivity contribution in [2.24, 2.45) is 11.5 Å². The second-order valence-corrected chi connectivity index (χ2v) is 7.69. The molecule has 3 aromatic carbocycles. The summed E-state index contributed by atoms with van der Waals surface area (Å²) >= 11 is 0. The number of ether oxygens (including phenoxy) is 2. The van der Waals surface area contributed by atoms with E-state index in [1.807, 2.05) is 36.4 Å². The highest BCUT2D eigenvalue weighted by molar-refractivity contribution is 5.47. The quantitative estimate of drug-likeness (QED) is 0.501. The zero-order valence-electron chi connectivity index (χ0n) is 17.1. The van der Waals surface area contributed by atoms with Crippen molar-refractivity contribution in [1.82, 2.24) is 0 Å². The molecule has 1 aliphatic carbocycles. The van der Waals surface area contributed by atoms with Gasteiger partial charge in [-0.15, -0.1) is 0 Å². The number of nitrogens with zero attached hydrogens (tertiary/aromatic N) is 1. The molecule has 3 atom stereocenters. The van der Waals surface area contributed by atoms with Crippen LogP contribution in [0.25, 0.3) is 0 Å². The molecule has 0 heterocycles. The lowest BCUT2D eigenvalue weighted by Gasteiger charge is -2.17. The van der Waals surface area contributed by atoms with E-state index in [4.69, 9.17) is 26.2 Å². The molecule has 0 aliphatic heterocycles. The molecule has 0 saturated heterocycles. The van der Waals surface area contributed by atoms with Crippen molar-refractivity contribution in [3.63, 3.8) is 0 Å². The summed E-state index contributed by atoms with van der Waals surface area (Å²) in [6.45, 7) is 0. The molecule has 5 N–H and O–H groups in total. The lowest BCUT2D eigenvalue weighted by molar-refractivity contribution is 0.163. The Bertz CT molecular complexity index is 1070. The number of hydrogen-bond donors (Lipinski definition) is 3. The molecule has 1 aliphatic rings. The second kappa shape index (κ2) is 9.19. The molecule has 0 saturated carbocycles. The Balaban J connectivity index is 1.46. The Hall–Kier alpha value is -3.37. The molecule has 3 aromatic rings. The van der Waals surface area contributed by atoms with Gasteiger partial charge in [0.25, 0.3) is 0 Å². The second-order valence-electron chi connectivity index (χ2n) is 7.69. The third kappa shape index (κ3) is 4.86. The minimum atomic E-state index is -0.929. The SMILES string of the molecule is N#Cc1ccc(Oc2cccc3c2CC[C@H]3Oc2ccc(C(N)CC(N)O)cc2)cc1. The maximum atomic E-state index is 9.31. The van der Waals surface area contributed by atoms with Crippen LogP contribution in [0.4, 0.5) is 0 Å². The first kappa shape index (κ1) is 20.9. The number of rotatable bonds is 7. The third-order valence-electron chi connectivity index (χ3n) is 5.47. The van der Waals surface area contributed by atoms with Crippen LogP contribution in [0, 0.1) is 11.3 Å². The molecule has 0 spiro atoms. The van der Waals surface area contributed by atoms with Gasteiger partial charge >= 0.3 is 0 Å². The topological polar surface area (TPSA) is 115 Å². The zero-order valence-corrected chi connectivity index (χ0v) is 17.1. The fourth-order valence-corrected chi connectivity index (χ4v) is 3.88. The van der Waals surface area contributed by atoms with Crippen molar-refractivity contribution < 1.29 is 14.6 Å². The average Bonchev–Trinajstić information content (AvgIpc) is 3.18. The van der Waals surface area contributed by atoms with Gasteiger partial charge in [0.2, 0.25) is 0 Å². The third-order valence-corrected chi connectivity index (χ3v) is 5.47. The normalized spacial score (nSPS) is 16.8. The van der Waals surface area contributed by atoms with E-state index in [1.54, 1.807) is 24.3 Å². The van der Waals surface area contributed by atoms with Crippen LogP contribution in [-0.2, 0) is 6.42 Å². The van der Waals surface area contributed by atoms with E-state index in [9.17, 15) is 5.11 Å². The highest BCUT2D eigenvalue weighted by Gasteiger charge is 2.27. The highest BCUT2D eigenvalue weighted by atomic mass is 16.5. The first-order chi connectivity index (χ1) is 15.0. The van der Waals surface area contributed by atoms with Crippen molar-refractivity contribution in [3.05, 3.63) is 89.0 Å². The van der Waals surface area contributed by atoms with Gasteiger partial charge in [-0.05, 0) is 66.4 Å². The molecule has 2 unspecified atom stereocenters. The van der Waals surface area contributed by atoms with Gasteiger partial charge < -0.3 is 26.0 Å². The van der Waals surface area contributed by atoms with E-state index in [2.05, 4.69) is 12.1 Å². The van der Waals surface area contributed by atoms with Crippen molar-refractivity contribution in [2.75, 3.05) is 0 Å². The molecule has 31 heavy (non-hydrogen) atoms. The van der Waals surface area contributed by atoms with Gasteiger partial charge in [0.15, 0.2) is 0 Å². The average molecular weight is 415 g/mol. The molecule has 0 amide bonds. The predicted molar refractivity (Wildman–Crippen MR) is 118 cm³/mol. The van der Waals surface area contributed by atoms with Crippen molar-refractivity contribution in [3.8, 4) is 23.3 Å². The number of hydrogen-bond acceptors (Lipinski definition) is 6. The zero-order chi connectivity index (χ0) is 21.8. The first-order valence-corrected chi connectivity index (χ1v) is 10.3. The molecule has 0 fully saturated rings. The van der Waals surface area contributed by atoms with Crippen molar-refractivity contribution >= 4 is 0 Å². The molecule has 0 radical (unpaired) electrons. The predicted octanol–water partition coefficient (Wildman–Crippen LogP) is 4.08. The standard InChI is InChI=1S/C25H25N3O3/c26-15-16-4-8-18(9-5-16)30-23-3-1-2-20-21(23)12-13-24(20)31-19-10-6-17(7-11-19)22(27)14-25(28)29/h1-11,22,24-25,29H,12-14,27-28H2/t22?,24-,25?/m1/s1. The molecule has 6 heteroatoms. The number of fused-ring (bicyclic) bond motifs is 1. The minimum absolute atomic E-state index is 0.0510. The summed E-state index contributed by atoms with van der Waals surface area (Å²) < 4.78 is 12.3. The lowest BCUT2D eigenvalue weighted by atomic mass is 10.0. The van der Waals surface area contributed by atoms with E-state index in [0.29, 0.717) is 17.7 Å². The van der Waals surface area contributed by atoms with Crippen LogP contribution in [0.2, 0.25) is 0 Å². The lowest BCUT2D eigenvalue weighted by Crippen LogP contribution is -2.25. The van der Waals surface area contributed by atoms with Gasteiger partial charge in [-0.25, -0.2) is 0 Å². The first-order valence-electron chi connectivity index (χ1n) is 10.3. The molecule has 0 aromatic heterocycles. The van der Waals surface area contributed by atoms with Crippen LogP contribution < -0.4 is 20.9 Å². The number of aliphatic hydroxyl groups excluding tert-OH is 1. The Morgan fingerprint density at radius 1 is 1.00 bits per heavy atom. The van der Waals surface area contributed by atoms with Gasteiger partial charge in [0.05, 0.1) is 11.6 Å². The molecule has 0 bridgehead atoms. The number of aliphatic hydroxyl groups is 1. The summed E-state index contributed by atoms with van der Waals surface area (Å²) in [5.41, 5.74) is 15.3. The fraction of sp³-hybridized carbons (Fsp3) is 0.240. The van der Waals surface area contributed by atoms with Crippen LogP contribution >= 0.6 is 0 Å². The molecular formula is C25H25N3O3. The Kier molecular flexibility index (Phi) is 6.19. The minimum Gasteiger partial charge on any atom is -0.486 e. The van der Waals surface area contributed by atoms with Gasteiger partial charge in [0, 0.05) is 18.0 Å². The maximum Gasteiger partial charge on any atom is 0.131 e. The number of benzene rings is 3. The molecular weight excluding hydrogens is 390 g/mol. The highest BCUT2D eigenvalue weighted by Crippen LogP contribution is 2.41. The summed E-state index contributed by atoms with van der Waals surface area (Å²) in [7, 11) is 0. The van der Waals surface area contributed by atoms with Gasteiger partial charge in [-0.1, -0.05) is 24.3 Å². The Labute approximate surface area is 181 Å². The van der Waals surface area contributed by atoms with Crippen molar-refractivity contribution in [1.29, 1.82) is 5.26 Å². The number of nitriles is 1. The van der Waals surface area contributed by atoms with Crippen molar-refractivity contribution in [2.45, 2.75) is 37.6 Å². The molecule has 158 valence electrons. The van der Waals surface area contributed by atoms with E-state index >= 15 is 0 Å². The van der Waals surface area contributed by atoms with Crippen LogP contribution in [-0.4, -0.2) is 11.3 Å². The van der Waals surface area contributed by atoms with Gasteiger partial charge in [-0.2, -0.15) is 5.26 Å². The van der Waals surface area contributed by atoms with Gasteiger partial charge in [0.1, 0.15) is 29.6 Å². The maximum absolute atomic E-state index is 9.31. The smallest absolute Gasteiger partial charge is 0.131 e. The van der Waals surface area contributed by atoms with Crippen LogP contribution in [0.15, 0.2) is 66.7 Å². The largest absolute Gasteiger partial charge is 0.486 e. The van der Waals surface area contributed by atoms with E-state index < -0.39 is 6.23 Å². The van der Waals surface area contributed by atoms with E-state index in [-0.39, 0.29) is 12.1 Å². The summed E-state index contributed by atoms with van der Waals surface area (Å²) in [5, 5.41) is 18.3. The fourth-order valence-electron chi connectivity index (χ4n) is 3.88. The van der Waals surface area contributed by atoms with Crippen LogP contribution in [0.3, 0.4) is 0 Å².